The third-order valence-corrected chi connectivity index (χ3v) is 4.01. The summed E-state index contributed by atoms with van der Waals surface area (Å²) in [6.45, 7) is 2.92. The number of hydrogen-bond donors (Lipinski definition) is 1. The van der Waals surface area contributed by atoms with Crippen LogP contribution in [0.4, 0.5) is 0 Å². The number of benzene rings is 1. The van der Waals surface area contributed by atoms with Gasteiger partial charge in [-0.15, -0.1) is 0 Å². The number of ether oxygens (including phenoxy) is 1. The molecule has 0 heterocycles. The number of halogens is 2. The Morgan fingerprint density at radius 3 is 1.86 bits per heavy atom. The number of carboxylic acid groups (broad SMARTS) is 1. The topological polar surface area (TPSA) is 99.1 Å². The second kappa shape index (κ2) is 17.2. The van der Waals surface area contributed by atoms with Crippen molar-refractivity contribution in [3.63, 3.8) is 0 Å². The minimum Gasteiger partial charge on any atom is -0.494 e. The van der Waals surface area contributed by atoms with E-state index in [0.29, 0.717) is 12.2 Å². The number of aromatic carboxylic acids is 1. The predicted octanol–water partition coefficient (Wildman–Crippen LogP) is 5.37. The van der Waals surface area contributed by atoms with Crippen LogP contribution in [0.2, 0.25) is 0 Å². The molecule has 0 saturated heterocycles. The molecule has 0 fully saturated rings. The summed E-state index contributed by atoms with van der Waals surface area (Å²) in [7, 11) is 0. The summed E-state index contributed by atoms with van der Waals surface area (Å²) >= 11 is 4.84. The molecule has 1 rings (SSSR count). The van der Waals surface area contributed by atoms with E-state index < -0.39 is 17.9 Å². The lowest BCUT2D eigenvalue weighted by Gasteiger charge is -2.06. The molecule has 0 spiro atoms. The first-order chi connectivity index (χ1) is 13.4. The van der Waals surface area contributed by atoms with Crippen LogP contribution in [0.25, 0.3) is 0 Å². The third-order valence-electron chi connectivity index (χ3n) is 3.38. The van der Waals surface area contributed by atoms with Crippen molar-refractivity contribution in [2.45, 2.75) is 45.4 Å². The Labute approximate surface area is 181 Å². The fraction of sp³-hybridized carbons (Fsp3) is 0.421. The van der Waals surface area contributed by atoms with E-state index in [0.717, 1.165) is 24.3 Å². The molecule has 0 saturated carbocycles. The number of carbonyl (C=O) groups excluding carboxylic acids is 2. The molecule has 0 unspecified atom stereocenters. The van der Waals surface area contributed by atoms with Crippen LogP contribution in [0, 0.1) is 0 Å². The van der Waals surface area contributed by atoms with Gasteiger partial charge in [-0.1, -0.05) is 39.0 Å². The van der Waals surface area contributed by atoms with Crippen molar-refractivity contribution >= 4 is 50.4 Å². The Morgan fingerprint density at radius 2 is 1.39 bits per heavy atom. The molecule has 0 atom stereocenters. The van der Waals surface area contributed by atoms with Crippen molar-refractivity contribution in [3.05, 3.63) is 42.0 Å². The van der Waals surface area contributed by atoms with Gasteiger partial charge >= 0.3 is 17.9 Å². The van der Waals surface area contributed by atoms with E-state index in [4.69, 9.17) is 9.84 Å². The van der Waals surface area contributed by atoms with E-state index in [1.807, 2.05) is 0 Å². The molecule has 0 bridgehead atoms. The predicted molar refractivity (Wildman–Crippen MR) is 111 cm³/mol. The summed E-state index contributed by atoms with van der Waals surface area (Å²) in [6.07, 6.45) is 9.26. The van der Waals surface area contributed by atoms with Gasteiger partial charge in [0.05, 0.1) is 12.2 Å². The molecule has 28 heavy (non-hydrogen) atoms. The van der Waals surface area contributed by atoms with Gasteiger partial charge in [0.2, 0.25) is 0 Å². The van der Waals surface area contributed by atoms with Crippen molar-refractivity contribution in [1.29, 1.82) is 0 Å². The number of hydrogen-bond acceptors (Lipinski definition) is 6. The van der Waals surface area contributed by atoms with E-state index in [1.54, 1.807) is 24.3 Å². The van der Waals surface area contributed by atoms with E-state index in [-0.39, 0.29) is 0 Å². The average Bonchev–Trinajstić information content (AvgIpc) is 2.71. The van der Waals surface area contributed by atoms with Gasteiger partial charge in [0.25, 0.3) is 0 Å². The van der Waals surface area contributed by atoms with E-state index >= 15 is 0 Å². The fourth-order valence-electron chi connectivity index (χ4n) is 1.95. The first kappa shape index (κ1) is 26.1. The number of unbranched alkanes of at least 4 members (excludes halogenated alkanes) is 5. The van der Waals surface area contributed by atoms with E-state index in [1.165, 1.54) is 32.1 Å². The van der Waals surface area contributed by atoms with Crippen molar-refractivity contribution < 1.29 is 31.9 Å². The molecule has 156 valence electrons. The van der Waals surface area contributed by atoms with Crippen LogP contribution in [-0.2, 0) is 17.2 Å². The molecule has 0 aromatic heterocycles. The standard InChI is InChI=1S/C15H22O3.C4H2Br2O4/c1-2-3-4-5-6-7-12-18-14-10-8-13(9-11-14)15(16)17;5-9-3(7)1-2-4(8)10-6/h8-11H,2-7,12H2,1H3,(H,16,17);1-2H/b;2-1-. The zero-order valence-corrected chi connectivity index (χ0v) is 18.7. The highest BCUT2D eigenvalue weighted by Gasteiger charge is 2.01. The van der Waals surface area contributed by atoms with Gasteiger partial charge in [0.15, 0.2) is 32.5 Å². The fourth-order valence-corrected chi connectivity index (χ4v) is 2.17. The monoisotopic (exact) mass is 522 g/mol. The van der Waals surface area contributed by atoms with Crippen molar-refractivity contribution in [1.82, 2.24) is 0 Å². The van der Waals surface area contributed by atoms with Gasteiger partial charge in [-0.3, -0.25) is 0 Å². The summed E-state index contributed by atoms with van der Waals surface area (Å²) < 4.78 is 13.6. The van der Waals surface area contributed by atoms with Gasteiger partial charge in [-0.25, -0.2) is 14.4 Å². The minimum atomic E-state index is -0.905. The lowest BCUT2D eigenvalue weighted by Crippen LogP contribution is -1.99. The molecule has 0 aliphatic carbocycles. The molecule has 1 N–H and O–H groups in total. The highest BCUT2D eigenvalue weighted by Crippen LogP contribution is 2.13. The van der Waals surface area contributed by atoms with Gasteiger partial charge in [-0.05, 0) is 30.7 Å². The quantitative estimate of drug-likeness (QED) is 0.307. The summed E-state index contributed by atoms with van der Waals surface area (Å²) in [5, 5.41) is 8.75. The normalized spacial score (nSPS) is 9.96. The third kappa shape index (κ3) is 14.2. The summed E-state index contributed by atoms with van der Waals surface area (Å²) in [6, 6.07) is 6.55. The minimum absolute atomic E-state index is 0.293. The van der Waals surface area contributed by atoms with Gasteiger partial charge < -0.3 is 17.5 Å². The molecular formula is C19H24Br2O7. The molecule has 1 aromatic carbocycles. The van der Waals surface area contributed by atoms with Gasteiger partial charge in [0.1, 0.15) is 5.75 Å². The summed E-state index contributed by atoms with van der Waals surface area (Å²) in [5.74, 6) is -1.53. The summed E-state index contributed by atoms with van der Waals surface area (Å²) in [4.78, 5) is 31.2. The molecule has 0 aliphatic heterocycles. The molecule has 0 aliphatic rings. The molecule has 9 heteroatoms. The Balaban J connectivity index is 0.000000621. The van der Waals surface area contributed by atoms with Crippen molar-refractivity contribution in [3.8, 4) is 5.75 Å². The maximum absolute atomic E-state index is 10.7. The van der Waals surface area contributed by atoms with Crippen molar-refractivity contribution in [2.24, 2.45) is 0 Å². The van der Waals surface area contributed by atoms with Gasteiger partial charge in [-0.2, -0.15) is 0 Å². The second-order valence-electron chi connectivity index (χ2n) is 5.57. The molecular weight excluding hydrogens is 500 g/mol. The van der Waals surface area contributed by atoms with Crippen LogP contribution in [0.3, 0.4) is 0 Å². The maximum Gasteiger partial charge on any atom is 0.342 e. The lowest BCUT2D eigenvalue weighted by atomic mass is 10.1. The summed E-state index contributed by atoms with van der Waals surface area (Å²) in [5.41, 5.74) is 0.293. The molecule has 7 nitrogen and oxygen atoms in total. The zero-order chi connectivity index (χ0) is 21.2. The van der Waals surface area contributed by atoms with Gasteiger partial charge in [0, 0.05) is 12.2 Å². The van der Waals surface area contributed by atoms with Crippen molar-refractivity contribution in [2.75, 3.05) is 6.61 Å². The van der Waals surface area contributed by atoms with Crippen LogP contribution in [0.1, 0.15) is 55.8 Å². The Hall–Kier alpha value is -1.87. The first-order valence-corrected chi connectivity index (χ1v) is 10.0. The highest BCUT2D eigenvalue weighted by molar-refractivity contribution is 9.06. The molecule has 1 aromatic rings. The first-order valence-electron chi connectivity index (χ1n) is 8.73. The SMILES string of the molecule is CCCCCCCCOc1ccc(C(=O)O)cc1.O=C(/C=C\C(=O)OBr)OBr. The maximum atomic E-state index is 10.7. The number of carboxylic acids is 1. The molecule has 0 amide bonds. The van der Waals surface area contributed by atoms with Crippen LogP contribution < -0.4 is 4.74 Å². The van der Waals surface area contributed by atoms with E-state index in [2.05, 4.69) is 47.1 Å². The zero-order valence-electron chi connectivity index (χ0n) is 15.6. The lowest BCUT2D eigenvalue weighted by molar-refractivity contribution is -0.129. The Morgan fingerprint density at radius 1 is 0.893 bits per heavy atom. The Kier molecular flexibility index (Phi) is 16.1. The smallest absolute Gasteiger partial charge is 0.342 e. The largest absolute Gasteiger partial charge is 0.494 e. The van der Waals surface area contributed by atoms with E-state index in [9.17, 15) is 14.4 Å². The van der Waals surface area contributed by atoms with Crippen LogP contribution in [-0.4, -0.2) is 29.6 Å². The number of rotatable bonds is 11. The van der Waals surface area contributed by atoms with Crippen LogP contribution in [0.15, 0.2) is 36.4 Å². The van der Waals surface area contributed by atoms with Crippen LogP contribution in [0.5, 0.6) is 5.75 Å². The Bertz CT molecular complexity index is 597. The average molecular weight is 524 g/mol. The highest BCUT2D eigenvalue weighted by atomic mass is 79.9. The molecule has 0 radical (unpaired) electrons. The van der Waals surface area contributed by atoms with Crippen LogP contribution >= 0.6 is 32.5 Å². The number of carbonyl (C=O) groups is 3. The second-order valence-corrected chi connectivity index (χ2v) is 6.22.